The van der Waals surface area contributed by atoms with Crippen molar-refractivity contribution in [2.45, 2.75) is 25.7 Å². The van der Waals surface area contributed by atoms with Gasteiger partial charge in [0.2, 0.25) is 0 Å². The predicted molar refractivity (Wildman–Crippen MR) is 77.9 cm³/mol. The zero-order valence-electron chi connectivity index (χ0n) is 10.2. The molecule has 1 aliphatic rings. The first-order valence-electron chi connectivity index (χ1n) is 6.41. The first-order chi connectivity index (χ1) is 8.74. The molecule has 18 heavy (non-hydrogen) atoms. The van der Waals surface area contributed by atoms with Gasteiger partial charge in [-0.25, -0.2) is 0 Å². The van der Waals surface area contributed by atoms with Crippen molar-refractivity contribution in [3.05, 3.63) is 52.5 Å². The lowest BCUT2D eigenvalue weighted by Crippen LogP contribution is -2.02. The van der Waals surface area contributed by atoms with Gasteiger partial charge in [-0.3, -0.25) is 0 Å². The number of fused-ring (bicyclic) bond motifs is 1. The van der Waals surface area contributed by atoms with Crippen molar-refractivity contribution >= 4 is 17.3 Å². The summed E-state index contributed by atoms with van der Waals surface area (Å²) in [4.78, 5) is 0. The number of halogens is 1. The van der Waals surface area contributed by atoms with Crippen molar-refractivity contribution in [2.75, 3.05) is 5.73 Å². The molecule has 0 heterocycles. The lowest BCUT2D eigenvalue weighted by Gasteiger charge is -2.17. The molecule has 0 saturated heterocycles. The summed E-state index contributed by atoms with van der Waals surface area (Å²) < 4.78 is 0. The van der Waals surface area contributed by atoms with E-state index in [2.05, 4.69) is 18.2 Å². The molecular weight excluding hydrogens is 242 g/mol. The Labute approximate surface area is 113 Å². The quantitative estimate of drug-likeness (QED) is 0.750. The Morgan fingerprint density at radius 2 is 1.67 bits per heavy atom. The molecule has 0 saturated carbocycles. The lowest BCUT2D eigenvalue weighted by atomic mass is 9.89. The highest BCUT2D eigenvalue weighted by Crippen LogP contribution is 2.32. The standard InChI is InChI=1S/C16H16ClN/c17-14-7-8-16(18)15(10-14)13-6-5-11-3-1-2-4-12(11)9-13/h5-10H,1-4,18H2. The van der Waals surface area contributed by atoms with Gasteiger partial charge in [0.1, 0.15) is 0 Å². The molecule has 1 aliphatic carbocycles. The molecule has 0 aliphatic heterocycles. The summed E-state index contributed by atoms with van der Waals surface area (Å²) in [7, 11) is 0. The molecule has 0 atom stereocenters. The second kappa shape index (κ2) is 4.66. The Hall–Kier alpha value is -1.47. The largest absolute Gasteiger partial charge is 0.398 e. The molecule has 2 heteroatoms. The topological polar surface area (TPSA) is 26.0 Å². The normalized spacial score (nSPS) is 14.3. The molecule has 0 amide bonds. The molecule has 2 aromatic rings. The number of nitrogens with two attached hydrogens (primary N) is 1. The van der Waals surface area contributed by atoms with E-state index in [-0.39, 0.29) is 0 Å². The first kappa shape index (κ1) is 11.6. The van der Waals surface area contributed by atoms with Gasteiger partial charge in [0.15, 0.2) is 0 Å². The molecule has 0 bridgehead atoms. The van der Waals surface area contributed by atoms with Gasteiger partial charge in [0, 0.05) is 16.3 Å². The molecule has 92 valence electrons. The number of anilines is 1. The maximum absolute atomic E-state index is 6.05. The van der Waals surface area contributed by atoms with Crippen LogP contribution >= 0.6 is 11.6 Å². The van der Waals surface area contributed by atoms with E-state index in [9.17, 15) is 0 Å². The molecule has 0 radical (unpaired) electrons. The highest BCUT2D eigenvalue weighted by molar-refractivity contribution is 6.31. The Kier molecular flexibility index (Phi) is 3.00. The minimum absolute atomic E-state index is 0.733. The van der Waals surface area contributed by atoms with Crippen molar-refractivity contribution in [3.63, 3.8) is 0 Å². The number of hydrogen-bond donors (Lipinski definition) is 1. The number of hydrogen-bond acceptors (Lipinski definition) is 1. The SMILES string of the molecule is Nc1ccc(Cl)cc1-c1ccc2c(c1)CCCC2. The molecule has 2 N–H and O–H groups in total. The van der Waals surface area contributed by atoms with E-state index in [0.29, 0.717) is 0 Å². The number of nitrogen functional groups attached to an aromatic ring is 1. The fraction of sp³-hybridized carbons (Fsp3) is 0.250. The maximum atomic E-state index is 6.05. The minimum atomic E-state index is 0.733. The van der Waals surface area contributed by atoms with Crippen molar-refractivity contribution in [1.82, 2.24) is 0 Å². The third-order valence-electron chi connectivity index (χ3n) is 3.67. The summed E-state index contributed by atoms with van der Waals surface area (Å²) in [6.45, 7) is 0. The Morgan fingerprint density at radius 1 is 0.889 bits per heavy atom. The van der Waals surface area contributed by atoms with E-state index in [1.54, 1.807) is 0 Å². The first-order valence-corrected chi connectivity index (χ1v) is 6.79. The molecule has 0 aromatic heterocycles. The van der Waals surface area contributed by atoms with Crippen LogP contribution < -0.4 is 5.73 Å². The third kappa shape index (κ3) is 2.11. The Balaban J connectivity index is 2.09. The second-order valence-electron chi connectivity index (χ2n) is 4.92. The summed E-state index contributed by atoms with van der Waals surface area (Å²) >= 11 is 6.05. The number of benzene rings is 2. The predicted octanol–water partition coefficient (Wildman–Crippen LogP) is 4.47. The monoisotopic (exact) mass is 257 g/mol. The van der Waals surface area contributed by atoms with Gasteiger partial charge in [0.05, 0.1) is 0 Å². The van der Waals surface area contributed by atoms with E-state index in [1.807, 2.05) is 18.2 Å². The van der Waals surface area contributed by atoms with Crippen LogP contribution in [0.25, 0.3) is 11.1 Å². The highest BCUT2D eigenvalue weighted by atomic mass is 35.5. The second-order valence-corrected chi connectivity index (χ2v) is 5.36. The van der Waals surface area contributed by atoms with E-state index >= 15 is 0 Å². The summed E-state index contributed by atoms with van der Waals surface area (Å²) in [5, 5.41) is 0.733. The van der Waals surface area contributed by atoms with Crippen molar-refractivity contribution in [2.24, 2.45) is 0 Å². The summed E-state index contributed by atoms with van der Waals surface area (Å²) in [5.41, 5.74) is 12.0. The molecule has 0 spiro atoms. The van der Waals surface area contributed by atoms with Crippen LogP contribution in [0.5, 0.6) is 0 Å². The van der Waals surface area contributed by atoms with Crippen LogP contribution in [0.3, 0.4) is 0 Å². The van der Waals surface area contributed by atoms with Crippen LogP contribution in [0.15, 0.2) is 36.4 Å². The van der Waals surface area contributed by atoms with Gasteiger partial charge < -0.3 is 5.73 Å². The highest BCUT2D eigenvalue weighted by Gasteiger charge is 2.11. The van der Waals surface area contributed by atoms with Gasteiger partial charge in [-0.05, 0) is 60.6 Å². The molecule has 3 rings (SSSR count). The zero-order chi connectivity index (χ0) is 12.5. The van der Waals surface area contributed by atoms with E-state index < -0.39 is 0 Å². The molecule has 1 nitrogen and oxygen atoms in total. The van der Waals surface area contributed by atoms with E-state index in [1.165, 1.54) is 42.4 Å². The van der Waals surface area contributed by atoms with Crippen molar-refractivity contribution in [3.8, 4) is 11.1 Å². The Morgan fingerprint density at radius 3 is 2.50 bits per heavy atom. The zero-order valence-corrected chi connectivity index (χ0v) is 11.0. The average Bonchev–Trinajstić information content (AvgIpc) is 2.41. The fourth-order valence-electron chi connectivity index (χ4n) is 2.68. The van der Waals surface area contributed by atoms with E-state index in [0.717, 1.165) is 16.3 Å². The number of rotatable bonds is 1. The number of aryl methyl sites for hydroxylation is 2. The van der Waals surface area contributed by atoms with Crippen LogP contribution in [-0.4, -0.2) is 0 Å². The molecule has 2 aromatic carbocycles. The van der Waals surface area contributed by atoms with Crippen molar-refractivity contribution < 1.29 is 0 Å². The molecular formula is C16H16ClN. The Bertz CT molecular complexity index is 590. The smallest absolute Gasteiger partial charge is 0.0413 e. The summed E-state index contributed by atoms with van der Waals surface area (Å²) in [5.74, 6) is 0. The maximum Gasteiger partial charge on any atom is 0.0413 e. The van der Waals surface area contributed by atoms with Gasteiger partial charge >= 0.3 is 0 Å². The van der Waals surface area contributed by atoms with Gasteiger partial charge in [-0.1, -0.05) is 29.8 Å². The van der Waals surface area contributed by atoms with Crippen LogP contribution in [-0.2, 0) is 12.8 Å². The van der Waals surface area contributed by atoms with Gasteiger partial charge in [-0.15, -0.1) is 0 Å². The molecule has 0 unspecified atom stereocenters. The molecule has 0 fully saturated rings. The van der Waals surface area contributed by atoms with Crippen molar-refractivity contribution in [1.29, 1.82) is 0 Å². The fourth-order valence-corrected chi connectivity index (χ4v) is 2.85. The summed E-state index contributed by atoms with van der Waals surface area (Å²) in [6, 6.07) is 12.3. The lowest BCUT2D eigenvalue weighted by molar-refractivity contribution is 0.686. The summed E-state index contributed by atoms with van der Waals surface area (Å²) in [6.07, 6.45) is 5.00. The van der Waals surface area contributed by atoms with Crippen LogP contribution in [0, 0.1) is 0 Å². The van der Waals surface area contributed by atoms with Gasteiger partial charge in [0.25, 0.3) is 0 Å². The van der Waals surface area contributed by atoms with Crippen LogP contribution in [0.2, 0.25) is 5.02 Å². The van der Waals surface area contributed by atoms with Crippen LogP contribution in [0.1, 0.15) is 24.0 Å². The van der Waals surface area contributed by atoms with Gasteiger partial charge in [-0.2, -0.15) is 0 Å². The van der Waals surface area contributed by atoms with E-state index in [4.69, 9.17) is 17.3 Å². The minimum Gasteiger partial charge on any atom is -0.398 e. The third-order valence-corrected chi connectivity index (χ3v) is 3.91. The van der Waals surface area contributed by atoms with Crippen LogP contribution in [0.4, 0.5) is 5.69 Å². The average molecular weight is 258 g/mol.